The van der Waals surface area contributed by atoms with Crippen molar-refractivity contribution >= 4 is 11.6 Å². The molecule has 2 aromatic carbocycles. The first-order chi connectivity index (χ1) is 11.6. The molecule has 1 aliphatic rings. The lowest BCUT2D eigenvalue weighted by molar-refractivity contribution is -0.118. The van der Waals surface area contributed by atoms with Gasteiger partial charge in [0.1, 0.15) is 17.3 Å². The number of hydrogen-bond acceptors (Lipinski definition) is 3. The summed E-state index contributed by atoms with van der Waals surface area (Å²) in [7, 11) is 3.12. The van der Waals surface area contributed by atoms with Crippen LogP contribution in [-0.2, 0) is 4.79 Å². The molecular weight excluding hydrogens is 309 g/mol. The zero-order chi connectivity index (χ0) is 17.1. The molecule has 0 aromatic heterocycles. The summed E-state index contributed by atoms with van der Waals surface area (Å²) >= 11 is 0. The van der Waals surface area contributed by atoms with Crippen LogP contribution >= 0.6 is 0 Å². The molecular formula is C19H20FNO3. The summed E-state index contributed by atoms with van der Waals surface area (Å²) < 4.78 is 23.7. The molecule has 1 unspecified atom stereocenters. The van der Waals surface area contributed by atoms with Crippen LogP contribution in [0.25, 0.3) is 0 Å². The average Bonchev–Trinajstić information content (AvgIpc) is 3.41. The van der Waals surface area contributed by atoms with Gasteiger partial charge in [-0.2, -0.15) is 0 Å². The van der Waals surface area contributed by atoms with Crippen molar-refractivity contribution in [1.29, 1.82) is 0 Å². The van der Waals surface area contributed by atoms with E-state index in [1.54, 1.807) is 44.6 Å². The molecule has 1 atom stereocenters. The van der Waals surface area contributed by atoms with Crippen molar-refractivity contribution < 1.29 is 18.7 Å². The lowest BCUT2D eigenvalue weighted by atomic mass is 9.93. The Morgan fingerprint density at radius 1 is 1.12 bits per heavy atom. The van der Waals surface area contributed by atoms with E-state index in [4.69, 9.17) is 9.47 Å². The molecule has 0 radical (unpaired) electrons. The zero-order valence-electron chi connectivity index (χ0n) is 13.7. The standard InChI is InChI=1S/C19H20FNO3/c1-23-15-9-10-17(24-2)16(11-15)21-19(22)18(12-3-4-12)13-5-7-14(20)8-6-13/h5-12,18H,3-4H2,1-2H3,(H,21,22). The van der Waals surface area contributed by atoms with Gasteiger partial charge in [0.2, 0.25) is 5.91 Å². The van der Waals surface area contributed by atoms with Gasteiger partial charge in [-0.05, 0) is 48.6 Å². The summed E-state index contributed by atoms with van der Waals surface area (Å²) in [5, 5.41) is 2.93. The van der Waals surface area contributed by atoms with E-state index in [1.807, 2.05) is 0 Å². The number of carbonyl (C=O) groups excluding carboxylic acids is 1. The fourth-order valence-corrected chi connectivity index (χ4v) is 2.86. The van der Waals surface area contributed by atoms with E-state index in [0.29, 0.717) is 23.1 Å². The number of methoxy groups -OCH3 is 2. The van der Waals surface area contributed by atoms with Gasteiger partial charge in [-0.15, -0.1) is 0 Å². The van der Waals surface area contributed by atoms with Gasteiger partial charge in [0.05, 0.1) is 25.8 Å². The summed E-state index contributed by atoms with van der Waals surface area (Å²) in [5.41, 5.74) is 1.40. The molecule has 1 amide bonds. The highest BCUT2D eigenvalue weighted by molar-refractivity contribution is 5.97. The Labute approximate surface area is 140 Å². The molecule has 1 aliphatic carbocycles. The van der Waals surface area contributed by atoms with Crippen molar-refractivity contribution in [2.24, 2.45) is 5.92 Å². The Kier molecular flexibility index (Phi) is 4.69. The van der Waals surface area contributed by atoms with Gasteiger partial charge >= 0.3 is 0 Å². The van der Waals surface area contributed by atoms with E-state index < -0.39 is 0 Å². The maximum absolute atomic E-state index is 13.2. The highest BCUT2D eigenvalue weighted by Crippen LogP contribution is 2.43. The number of rotatable bonds is 6. The summed E-state index contributed by atoms with van der Waals surface area (Å²) in [4.78, 5) is 12.8. The van der Waals surface area contributed by atoms with Crippen LogP contribution in [0.2, 0.25) is 0 Å². The van der Waals surface area contributed by atoms with Crippen molar-refractivity contribution in [1.82, 2.24) is 0 Å². The Bertz CT molecular complexity index is 726. The number of anilines is 1. The van der Waals surface area contributed by atoms with E-state index in [-0.39, 0.29) is 17.6 Å². The number of halogens is 1. The second-order valence-corrected chi connectivity index (χ2v) is 5.92. The molecule has 0 heterocycles. The van der Waals surface area contributed by atoms with Gasteiger partial charge in [-0.3, -0.25) is 4.79 Å². The number of benzene rings is 2. The molecule has 126 valence electrons. The molecule has 1 saturated carbocycles. The van der Waals surface area contributed by atoms with Gasteiger partial charge in [-0.25, -0.2) is 4.39 Å². The topological polar surface area (TPSA) is 47.6 Å². The summed E-state index contributed by atoms with van der Waals surface area (Å²) in [6.45, 7) is 0. The predicted octanol–water partition coefficient (Wildman–Crippen LogP) is 3.98. The van der Waals surface area contributed by atoms with E-state index in [2.05, 4.69) is 5.32 Å². The molecule has 0 spiro atoms. The highest BCUT2D eigenvalue weighted by atomic mass is 19.1. The molecule has 4 nitrogen and oxygen atoms in total. The average molecular weight is 329 g/mol. The number of carbonyl (C=O) groups is 1. The molecule has 0 aliphatic heterocycles. The van der Waals surface area contributed by atoms with Gasteiger partial charge < -0.3 is 14.8 Å². The molecule has 0 bridgehead atoms. The van der Waals surface area contributed by atoms with E-state index >= 15 is 0 Å². The molecule has 3 rings (SSSR count). The quantitative estimate of drug-likeness (QED) is 0.872. The van der Waals surface area contributed by atoms with Crippen LogP contribution in [0, 0.1) is 11.7 Å². The van der Waals surface area contributed by atoms with Crippen LogP contribution in [0.3, 0.4) is 0 Å². The first kappa shape index (κ1) is 16.3. The van der Waals surface area contributed by atoms with Crippen molar-refractivity contribution in [3.8, 4) is 11.5 Å². The molecule has 1 N–H and O–H groups in total. The normalized spacial score (nSPS) is 14.8. The third kappa shape index (κ3) is 3.50. The maximum Gasteiger partial charge on any atom is 0.232 e. The first-order valence-electron chi connectivity index (χ1n) is 7.90. The minimum absolute atomic E-state index is 0.115. The SMILES string of the molecule is COc1ccc(OC)c(NC(=O)C(c2ccc(F)cc2)C2CC2)c1. The van der Waals surface area contributed by atoms with Crippen LogP contribution in [0.15, 0.2) is 42.5 Å². The third-order valence-corrected chi connectivity index (χ3v) is 4.27. The maximum atomic E-state index is 13.2. The minimum atomic E-state index is -0.303. The van der Waals surface area contributed by atoms with E-state index in [9.17, 15) is 9.18 Å². The predicted molar refractivity (Wildman–Crippen MR) is 90.0 cm³/mol. The monoisotopic (exact) mass is 329 g/mol. The summed E-state index contributed by atoms with van der Waals surface area (Å²) in [6, 6.07) is 11.4. The van der Waals surface area contributed by atoms with Crippen LogP contribution in [-0.4, -0.2) is 20.1 Å². The van der Waals surface area contributed by atoms with E-state index in [0.717, 1.165) is 18.4 Å². The minimum Gasteiger partial charge on any atom is -0.497 e. The summed E-state index contributed by atoms with van der Waals surface area (Å²) in [6.07, 6.45) is 2.01. The fourth-order valence-electron chi connectivity index (χ4n) is 2.86. The Morgan fingerprint density at radius 2 is 1.83 bits per heavy atom. The van der Waals surface area contributed by atoms with Crippen LogP contribution in [0.4, 0.5) is 10.1 Å². The summed E-state index contributed by atoms with van der Waals surface area (Å²) in [5.74, 6) is 0.793. The van der Waals surface area contributed by atoms with Crippen LogP contribution < -0.4 is 14.8 Å². The third-order valence-electron chi connectivity index (χ3n) is 4.27. The second-order valence-electron chi connectivity index (χ2n) is 5.92. The van der Waals surface area contributed by atoms with Crippen molar-refractivity contribution in [2.45, 2.75) is 18.8 Å². The first-order valence-corrected chi connectivity index (χ1v) is 7.90. The van der Waals surface area contributed by atoms with Crippen molar-refractivity contribution in [2.75, 3.05) is 19.5 Å². The lowest BCUT2D eigenvalue weighted by Gasteiger charge is -2.18. The highest BCUT2D eigenvalue weighted by Gasteiger charge is 2.37. The second kappa shape index (κ2) is 6.91. The van der Waals surface area contributed by atoms with Gasteiger partial charge in [0.25, 0.3) is 0 Å². The van der Waals surface area contributed by atoms with Crippen molar-refractivity contribution in [3.63, 3.8) is 0 Å². The number of amides is 1. The molecule has 5 heteroatoms. The van der Waals surface area contributed by atoms with Gasteiger partial charge in [0.15, 0.2) is 0 Å². The van der Waals surface area contributed by atoms with Gasteiger partial charge in [0, 0.05) is 6.07 Å². The smallest absolute Gasteiger partial charge is 0.232 e. The number of ether oxygens (including phenoxy) is 2. The van der Waals surface area contributed by atoms with Crippen LogP contribution in [0.5, 0.6) is 11.5 Å². The Hall–Kier alpha value is -2.56. The van der Waals surface area contributed by atoms with Crippen molar-refractivity contribution in [3.05, 3.63) is 53.8 Å². The number of hydrogen-bond donors (Lipinski definition) is 1. The molecule has 2 aromatic rings. The number of nitrogens with one attached hydrogen (secondary N) is 1. The Balaban J connectivity index is 1.85. The lowest BCUT2D eigenvalue weighted by Crippen LogP contribution is -2.23. The Morgan fingerprint density at radius 3 is 2.42 bits per heavy atom. The molecule has 0 saturated heterocycles. The molecule has 1 fully saturated rings. The van der Waals surface area contributed by atoms with E-state index in [1.165, 1.54) is 12.1 Å². The zero-order valence-corrected chi connectivity index (χ0v) is 13.7. The van der Waals surface area contributed by atoms with Gasteiger partial charge in [-0.1, -0.05) is 12.1 Å². The largest absolute Gasteiger partial charge is 0.497 e. The fraction of sp³-hybridized carbons (Fsp3) is 0.316. The molecule has 24 heavy (non-hydrogen) atoms. The van der Waals surface area contributed by atoms with Crippen LogP contribution in [0.1, 0.15) is 24.3 Å².